The maximum Gasteiger partial charge on any atom is 0.223 e. The highest BCUT2D eigenvalue weighted by molar-refractivity contribution is 14.1. The van der Waals surface area contributed by atoms with E-state index in [9.17, 15) is 5.11 Å². The lowest BCUT2D eigenvalue weighted by atomic mass is 10.2. The van der Waals surface area contributed by atoms with Crippen molar-refractivity contribution in [3.63, 3.8) is 0 Å². The van der Waals surface area contributed by atoms with Crippen molar-refractivity contribution in [1.29, 1.82) is 0 Å². The largest absolute Gasteiger partial charge is 0.394 e. The average Bonchev–Trinajstić information content (AvgIpc) is 2.92. The van der Waals surface area contributed by atoms with Crippen LogP contribution in [0.25, 0.3) is 11.2 Å². The fourth-order valence-corrected chi connectivity index (χ4v) is 2.79. The van der Waals surface area contributed by atoms with E-state index in [-0.39, 0.29) is 12.6 Å². The molecule has 102 valence electrons. The molecule has 9 heteroatoms. The van der Waals surface area contributed by atoms with Crippen molar-refractivity contribution in [2.45, 2.75) is 24.9 Å². The zero-order valence-corrected chi connectivity index (χ0v) is 11.9. The van der Waals surface area contributed by atoms with Crippen LogP contribution in [0.5, 0.6) is 0 Å². The molecule has 3 atom stereocenters. The molecule has 0 aliphatic carbocycles. The number of nitrogens with two attached hydrogens (primary N) is 1. The first kappa shape index (κ1) is 13.0. The molecule has 0 unspecified atom stereocenters. The van der Waals surface area contributed by atoms with Gasteiger partial charge in [0.05, 0.1) is 19.0 Å². The van der Waals surface area contributed by atoms with Crippen molar-refractivity contribution in [3.8, 4) is 0 Å². The van der Waals surface area contributed by atoms with Crippen LogP contribution in [0, 0.1) is 3.70 Å². The van der Waals surface area contributed by atoms with Gasteiger partial charge in [-0.3, -0.25) is 4.57 Å². The zero-order valence-electron chi connectivity index (χ0n) is 9.77. The second kappa shape index (κ2) is 4.81. The minimum absolute atomic E-state index is 0.163. The van der Waals surface area contributed by atoms with Crippen molar-refractivity contribution in [3.05, 3.63) is 10.0 Å². The van der Waals surface area contributed by atoms with E-state index in [4.69, 9.17) is 15.6 Å². The molecule has 1 saturated heterocycles. The van der Waals surface area contributed by atoms with Gasteiger partial charge in [-0.05, 0) is 22.6 Å². The number of hydrogen-bond acceptors (Lipinski definition) is 7. The van der Waals surface area contributed by atoms with Crippen molar-refractivity contribution >= 4 is 39.7 Å². The molecule has 1 aliphatic heterocycles. The van der Waals surface area contributed by atoms with E-state index >= 15 is 0 Å². The number of fused-ring (bicyclic) bond motifs is 1. The van der Waals surface area contributed by atoms with E-state index < -0.39 is 18.4 Å². The van der Waals surface area contributed by atoms with Crippen LogP contribution in [0.4, 0.5) is 5.95 Å². The number of rotatable bonds is 2. The van der Waals surface area contributed by atoms with Crippen LogP contribution in [0.1, 0.15) is 12.6 Å². The summed E-state index contributed by atoms with van der Waals surface area (Å²) < 4.78 is 7.94. The van der Waals surface area contributed by atoms with E-state index in [2.05, 4.69) is 15.0 Å². The van der Waals surface area contributed by atoms with Crippen LogP contribution in [-0.2, 0) is 4.74 Å². The topological polar surface area (TPSA) is 119 Å². The highest BCUT2D eigenvalue weighted by Crippen LogP contribution is 2.31. The highest BCUT2D eigenvalue weighted by atomic mass is 127. The summed E-state index contributed by atoms with van der Waals surface area (Å²) in [7, 11) is 0. The van der Waals surface area contributed by atoms with Crippen LogP contribution >= 0.6 is 22.6 Å². The summed E-state index contributed by atoms with van der Waals surface area (Å²) in [5, 5.41) is 18.9. The van der Waals surface area contributed by atoms with Gasteiger partial charge < -0.3 is 20.7 Å². The van der Waals surface area contributed by atoms with Gasteiger partial charge in [-0.25, -0.2) is 9.97 Å². The number of nitrogen functional groups attached to an aromatic ring is 1. The predicted octanol–water partition coefficient (Wildman–Crippen LogP) is -0.346. The van der Waals surface area contributed by atoms with Crippen molar-refractivity contribution < 1.29 is 14.9 Å². The Bertz CT molecular complexity index is 618. The number of aromatic nitrogens is 4. The van der Waals surface area contributed by atoms with Crippen LogP contribution in [-0.4, -0.2) is 48.5 Å². The van der Waals surface area contributed by atoms with Crippen LogP contribution in [0.15, 0.2) is 6.33 Å². The number of nitrogens with zero attached hydrogens (tertiary/aromatic N) is 4. The van der Waals surface area contributed by atoms with Crippen LogP contribution < -0.4 is 5.73 Å². The third-order valence-electron chi connectivity index (χ3n) is 3.09. The zero-order chi connectivity index (χ0) is 13.6. The normalized spacial score (nSPS) is 27.2. The second-order valence-corrected chi connectivity index (χ2v) is 5.33. The average molecular weight is 377 g/mol. The smallest absolute Gasteiger partial charge is 0.223 e. The summed E-state index contributed by atoms with van der Waals surface area (Å²) in [4.78, 5) is 12.4. The van der Waals surface area contributed by atoms with Gasteiger partial charge >= 0.3 is 0 Å². The molecule has 0 saturated carbocycles. The molecule has 0 bridgehead atoms. The Balaban J connectivity index is 2.02. The van der Waals surface area contributed by atoms with Gasteiger partial charge in [0.2, 0.25) is 5.95 Å². The fraction of sp³-hybridized carbons (Fsp3) is 0.500. The lowest BCUT2D eigenvalue weighted by molar-refractivity contribution is -0.0432. The molecule has 0 radical (unpaired) electrons. The molecule has 0 aromatic carbocycles. The summed E-state index contributed by atoms with van der Waals surface area (Å²) in [5.74, 6) is 0.163. The monoisotopic (exact) mass is 377 g/mol. The van der Waals surface area contributed by atoms with E-state index in [1.54, 1.807) is 10.9 Å². The van der Waals surface area contributed by atoms with Crippen molar-refractivity contribution in [2.24, 2.45) is 0 Å². The van der Waals surface area contributed by atoms with Gasteiger partial charge in [-0.1, -0.05) is 0 Å². The second-order valence-electron chi connectivity index (χ2n) is 4.31. The number of imidazole rings is 1. The van der Waals surface area contributed by atoms with E-state index in [0.29, 0.717) is 21.3 Å². The molecule has 2 aromatic rings. The lowest BCUT2D eigenvalue weighted by Gasteiger charge is -2.13. The standard InChI is InChI=1S/C10H12IN5O3/c11-8-7-9(15-10(12)14-8)16(3-13-7)6-1-4(18)5(2-17)19-6/h3-6,17-18H,1-2H2,(H2,12,14,15)/t4-,5+,6+/m1/s1. The highest BCUT2D eigenvalue weighted by Gasteiger charge is 2.35. The molecule has 3 rings (SSSR count). The van der Waals surface area contributed by atoms with Gasteiger partial charge in [0, 0.05) is 6.42 Å². The molecule has 1 aliphatic rings. The Morgan fingerprint density at radius 1 is 1.53 bits per heavy atom. The van der Waals surface area contributed by atoms with Crippen molar-refractivity contribution in [2.75, 3.05) is 12.3 Å². The molecule has 3 heterocycles. The van der Waals surface area contributed by atoms with Gasteiger partial charge in [0.15, 0.2) is 5.65 Å². The maximum absolute atomic E-state index is 9.76. The molecule has 1 fully saturated rings. The molecule has 0 spiro atoms. The summed E-state index contributed by atoms with van der Waals surface area (Å²) in [5.41, 5.74) is 6.84. The quantitative estimate of drug-likeness (QED) is 0.484. The Morgan fingerprint density at radius 2 is 2.32 bits per heavy atom. The SMILES string of the molecule is Nc1nc(I)c2ncn([C@@H]3C[C@@H](O)[C@H](CO)O3)c2n1. The first-order valence-corrected chi connectivity index (χ1v) is 6.78. The van der Waals surface area contributed by atoms with Gasteiger partial charge in [-0.2, -0.15) is 4.98 Å². The summed E-state index contributed by atoms with van der Waals surface area (Å²) >= 11 is 2.04. The van der Waals surface area contributed by atoms with Gasteiger partial charge in [0.25, 0.3) is 0 Å². The lowest BCUT2D eigenvalue weighted by Crippen LogP contribution is -2.24. The number of halogens is 1. The van der Waals surface area contributed by atoms with Crippen LogP contribution in [0.2, 0.25) is 0 Å². The summed E-state index contributed by atoms with van der Waals surface area (Å²) in [6.07, 6.45) is 0.253. The number of aliphatic hydroxyl groups is 2. The molecule has 8 nitrogen and oxygen atoms in total. The first-order valence-electron chi connectivity index (χ1n) is 5.70. The van der Waals surface area contributed by atoms with Gasteiger partial charge in [-0.15, -0.1) is 0 Å². The molecular weight excluding hydrogens is 365 g/mol. The third-order valence-corrected chi connectivity index (χ3v) is 3.84. The Hall–Kier alpha value is -1.04. The minimum atomic E-state index is -0.703. The molecule has 0 amide bonds. The predicted molar refractivity (Wildman–Crippen MR) is 74.1 cm³/mol. The summed E-state index contributed by atoms with van der Waals surface area (Å²) in [6.45, 7) is -0.223. The minimum Gasteiger partial charge on any atom is -0.394 e. The van der Waals surface area contributed by atoms with E-state index in [1.807, 2.05) is 22.6 Å². The fourth-order valence-electron chi connectivity index (χ4n) is 2.16. The van der Waals surface area contributed by atoms with E-state index in [1.165, 1.54) is 0 Å². The summed E-state index contributed by atoms with van der Waals surface area (Å²) in [6, 6.07) is 0. The van der Waals surface area contributed by atoms with E-state index in [0.717, 1.165) is 0 Å². The first-order chi connectivity index (χ1) is 9.10. The number of hydrogen-bond donors (Lipinski definition) is 3. The maximum atomic E-state index is 9.76. The molecular formula is C10H12IN5O3. The Kier molecular flexibility index (Phi) is 3.28. The number of ether oxygens (including phenoxy) is 1. The molecule has 2 aromatic heterocycles. The molecule has 4 N–H and O–H groups in total. The third kappa shape index (κ3) is 2.16. The molecule has 19 heavy (non-hydrogen) atoms. The van der Waals surface area contributed by atoms with Crippen LogP contribution in [0.3, 0.4) is 0 Å². The van der Waals surface area contributed by atoms with Gasteiger partial charge in [0.1, 0.15) is 21.5 Å². The number of aliphatic hydroxyl groups excluding tert-OH is 2. The Morgan fingerprint density at radius 3 is 3.00 bits per heavy atom. The Labute approximate surface area is 121 Å². The number of anilines is 1. The van der Waals surface area contributed by atoms with Crippen molar-refractivity contribution in [1.82, 2.24) is 19.5 Å².